The van der Waals surface area contributed by atoms with E-state index in [0.29, 0.717) is 28.0 Å². The van der Waals surface area contributed by atoms with Crippen LogP contribution in [0.15, 0.2) is 41.8 Å². The van der Waals surface area contributed by atoms with Crippen molar-refractivity contribution in [2.24, 2.45) is 11.8 Å². The number of hydrogen-bond acceptors (Lipinski definition) is 5. The quantitative estimate of drug-likeness (QED) is 0.697. The van der Waals surface area contributed by atoms with Crippen LogP contribution in [0.25, 0.3) is 0 Å². The third kappa shape index (κ3) is 5.67. The highest BCUT2D eigenvalue weighted by Crippen LogP contribution is 2.29. The van der Waals surface area contributed by atoms with Gasteiger partial charge in [0.15, 0.2) is 6.61 Å². The highest BCUT2D eigenvalue weighted by atomic mass is 32.1. The van der Waals surface area contributed by atoms with Crippen molar-refractivity contribution < 1.29 is 19.1 Å². The van der Waals surface area contributed by atoms with Crippen LogP contribution >= 0.6 is 11.3 Å². The van der Waals surface area contributed by atoms with E-state index in [1.807, 2.05) is 11.4 Å². The molecular weight excluding hydrogens is 388 g/mol. The van der Waals surface area contributed by atoms with E-state index < -0.39 is 5.97 Å². The Morgan fingerprint density at radius 3 is 2.55 bits per heavy atom. The van der Waals surface area contributed by atoms with Crippen molar-refractivity contribution in [1.82, 2.24) is 5.32 Å². The number of thiophene rings is 1. The van der Waals surface area contributed by atoms with Crippen molar-refractivity contribution in [3.63, 3.8) is 0 Å². The van der Waals surface area contributed by atoms with Gasteiger partial charge in [-0.1, -0.05) is 32.8 Å². The number of rotatable bonds is 6. The maximum atomic E-state index is 12.2. The Labute approximate surface area is 174 Å². The Morgan fingerprint density at radius 2 is 1.86 bits per heavy atom. The van der Waals surface area contributed by atoms with Crippen LogP contribution in [0.2, 0.25) is 0 Å². The Morgan fingerprint density at radius 1 is 1.10 bits per heavy atom. The molecule has 1 fully saturated rings. The zero-order valence-corrected chi connectivity index (χ0v) is 17.5. The van der Waals surface area contributed by atoms with Crippen LogP contribution < -0.4 is 10.6 Å². The fourth-order valence-electron chi connectivity index (χ4n) is 3.54. The zero-order valence-electron chi connectivity index (χ0n) is 16.6. The molecule has 7 heteroatoms. The Hall–Kier alpha value is -2.67. The molecule has 1 aromatic carbocycles. The molecule has 3 atom stereocenters. The predicted octanol–water partition coefficient (Wildman–Crippen LogP) is 4.10. The van der Waals surface area contributed by atoms with Crippen molar-refractivity contribution in [2.45, 2.75) is 39.2 Å². The number of esters is 1. The molecule has 1 saturated carbocycles. The number of hydrogen-bond donors (Lipinski definition) is 2. The van der Waals surface area contributed by atoms with Crippen molar-refractivity contribution in [3.05, 3.63) is 52.2 Å². The predicted molar refractivity (Wildman–Crippen MR) is 113 cm³/mol. The highest BCUT2D eigenvalue weighted by molar-refractivity contribution is 7.12. The van der Waals surface area contributed by atoms with E-state index in [2.05, 4.69) is 24.5 Å². The minimum absolute atomic E-state index is 0.135. The molecule has 1 aliphatic rings. The van der Waals surface area contributed by atoms with Gasteiger partial charge in [-0.15, -0.1) is 11.3 Å². The third-order valence-corrected chi connectivity index (χ3v) is 6.38. The summed E-state index contributed by atoms with van der Waals surface area (Å²) in [4.78, 5) is 37.0. The lowest BCUT2D eigenvalue weighted by Crippen LogP contribution is -2.45. The number of ether oxygens (including phenoxy) is 1. The van der Waals surface area contributed by atoms with Gasteiger partial charge in [-0.25, -0.2) is 4.79 Å². The molecule has 3 rings (SSSR count). The average Bonchev–Trinajstić information content (AvgIpc) is 3.25. The number of nitrogens with one attached hydrogen (secondary N) is 2. The van der Waals surface area contributed by atoms with Crippen molar-refractivity contribution in [1.29, 1.82) is 0 Å². The summed E-state index contributed by atoms with van der Waals surface area (Å²) in [5.41, 5.74) is 0.907. The fraction of sp³-hybridized carbons (Fsp3) is 0.409. The largest absolute Gasteiger partial charge is 0.452 e. The first-order chi connectivity index (χ1) is 13.9. The molecule has 1 aromatic heterocycles. The van der Waals surface area contributed by atoms with Gasteiger partial charge < -0.3 is 15.4 Å². The molecule has 0 aliphatic heterocycles. The average molecular weight is 415 g/mol. The van der Waals surface area contributed by atoms with Gasteiger partial charge in [0.1, 0.15) is 0 Å². The highest BCUT2D eigenvalue weighted by Gasteiger charge is 2.28. The van der Waals surface area contributed by atoms with Gasteiger partial charge in [0.25, 0.3) is 11.8 Å². The van der Waals surface area contributed by atoms with E-state index in [1.165, 1.54) is 17.8 Å². The topological polar surface area (TPSA) is 84.5 Å². The number of anilines is 1. The van der Waals surface area contributed by atoms with Gasteiger partial charge in [-0.2, -0.15) is 0 Å². The molecule has 0 radical (unpaired) electrons. The van der Waals surface area contributed by atoms with E-state index in [0.717, 1.165) is 12.8 Å². The smallest absolute Gasteiger partial charge is 0.338 e. The molecule has 0 saturated heterocycles. The Balaban J connectivity index is 1.46. The molecule has 6 nitrogen and oxygen atoms in total. The summed E-state index contributed by atoms with van der Waals surface area (Å²) in [6, 6.07) is 10.1. The minimum Gasteiger partial charge on any atom is -0.452 e. The summed E-state index contributed by atoms with van der Waals surface area (Å²) in [6.07, 6.45) is 3.25. The fourth-order valence-corrected chi connectivity index (χ4v) is 4.16. The van der Waals surface area contributed by atoms with E-state index in [1.54, 1.807) is 30.3 Å². The van der Waals surface area contributed by atoms with Gasteiger partial charge in [-0.05, 0) is 54.0 Å². The first kappa shape index (κ1) is 21.0. The van der Waals surface area contributed by atoms with E-state index >= 15 is 0 Å². The van der Waals surface area contributed by atoms with Gasteiger partial charge in [0.05, 0.1) is 10.4 Å². The first-order valence-corrected chi connectivity index (χ1v) is 10.7. The molecule has 2 amide bonds. The van der Waals surface area contributed by atoms with Crippen molar-refractivity contribution in [3.8, 4) is 0 Å². The number of carbonyl (C=O) groups excluding carboxylic acids is 3. The van der Waals surface area contributed by atoms with Crippen LogP contribution in [0.3, 0.4) is 0 Å². The maximum Gasteiger partial charge on any atom is 0.338 e. The standard InChI is InChI=1S/C22H26N2O4S/c1-14-5-3-6-18(15(14)2)24-20(25)13-28-22(27)16-8-10-17(11-9-16)23-21(26)19-7-4-12-29-19/h4,7-12,14-15,18H,3,5-6,13H2,1-2H3,(H,23,26)(H,24,25)/t14-,15-,18-/m1/s1. The summed E-state index contributed by atoms with van der Waals surface area (Å²) >= 11 is 1.36. The minimum atomic E-state index is -0.568. The second kappa shape index (κ2) is 9.69. The van der Waals surface area contributed by atoms with Gasteiger partial charge in [0, 0.05) is 11.7 Å². The Kier molecular flexibility index (Phi) is 7.04. The monoisotopic (exact) mass is 414 g/mol. The van der Waals surface area contributed by atoms with Crippen LogP contribution in [0.4, 0.5) is 5.69 Å². The van der Waals surface area contributed by atoms with Crippen LogP contribution in [-0.2, 0) is 9.53 Å². The lowest BCUT2D eigenvalue weighted by molar-refractivity contribution is -0.125. The summed E-state index contributed by atoms with van der Waals surface area (Å²) in [5.74, 6) is -0.0421. The van der Waals surface area contributed by atoms with Gasteiger partial charge in [0.2, 0.25) is 0 Å². The molecule has 1 heterocycles. The van der Waals surface area contributed by atoms with E-state index in [4.69, 9.17) is 4.74 Å². The van der Waals surface area contributed by atoms with Crippen LogP contribution in [0.5, 0.6) is 0 Å². The molecule has 29 heavy (non-hydrogen) atoms. The van der Waals surface area contributed by atoms with Crippen molar-refractivity contribution >= 4 is 34.8 Å². The lowest BCUT2D eigenvalue weighted by Gasteiger charge is -2.34. The van der Waals surface area contributed by atoms with E-state index in [9.17, 15) is 14.4 Å². The summed E-state index contributed by atoms with van der Waals surface area (Å²) in [7, 11) is 0. The van der Waals surface area contributed by atoms with Crippen LogP contribution in [-0.4, -0.2) is 30.4 Å². The SMILES string of the molecule is C[C@@H]1[C@H](C)CCC[C@H]1NC(=O)COC(=O)c1ccc(NC(=O)c2cccs2)cc1. The van der Waals surface area contributed by atoms with Gasteiger partial charge >= 0.3 is 5.97 Å². The zero-order chi connectivity index (χ0) is 20.8. The van der Waals surface area contributed by atoms with Gasteiger partial charge in [-0.3, -0.25) is 9.59 Å². The van der Waals surface area contributed by atoms with E-state index in [-0.39, 0.29) is 24.5 Å². The summed E-state index contributed by atoms with van der Waals surface area (Å²) in [5, 5.41) is 7.59. The maximum absolute atomic E-state index is 12.2. The molecule has 2 N–H and O–H groups in total. The molecule has 1 aliphatic carbocycles. The summed E-state index contributed by atoms with van der Waals surface area (Å²) < 4.78 is 5.14. The Bertz CT molecular complexity index is 848. The van der Waals surface area contributed by atoms with Crippen molar-refractivity contribution in [2.75, 3.05) is 11.9 Å². The third-order valence-electron chi connectivity index (χ3n) is 5.51. The molecule has 154 valence electrons. The van der Waals surface area contributed by atoms with Crippen LogP contribution in [0.1, 0.15) is 53.1 Å². The first-order valence-electron chi connectivity index (χ1n) is 9.85. The molecule has 0 spiro atoms. The second-order valence-electron chi connectivity index (χ2n) is 7.53. The summed E-state index contributed by atoms with van der Waals surface area (Å²) in [6.45, 7) is 4.06. The number of carbonyl (C=O) groups is 3. The second-order valence-corrected chi connectivity index (χ2v) is 8.47. The molecule has 2 aromatic rings. The number of benzene rings is 1. The molecule has 0 unspecified atom stereocenters. The molecular formula is C22H26N2O4S. The normalized spacial score (nSPS) is 21.2. The van der Waals surface area contributed by atoms with Crippen LogP contribution in [0, 0.1) is 11.8 Å². The lowest BCUT2D eigenvalue weighted by atomic mass is 9.78. The molecule has 0 bridgehead atoms. The number of amides is 2.